The average Bonchev–Trinajstić information content (AvgIpc) is 2.66. The summed E-state index contributed by atoms with van der Waals surface area (Å²) >= 11 is 0. The van der Waals surface area contributed by atoms with Crippen LogP contribution in [0.3, 0.4) is 0 Å². The fourth-order valence-corrected chi connectivity index (χ4v) is 4.54. The van der Waals surface area contributed by atoms with Gasteiger partial charge in [-0.15, -0.1) is 0 Å². The molecule has 1 aromatic carbocycles. The van der Waals surface area contributed by atoms with Crippen LogP contribution in [0, 0.1) is 5.92 Å². The first-order chi connectivity index (χ1) is 13.1. The van der Waals surface area contributed by atoms with Gasteiger partial charge in [0.05, 0.1) is 20.9 Å². The van der Waals surface area contributed by atoms with Crippen LogP contribution in [0.25, 0.3) is 0 Å². The number of fused-ring (bicyclic) bond motifs is 3. The highest BCUT2D eigenvalue weighted by Gasteiger charge is 2.40. The lowest BCUT2D eigenvalue weighted by atomic mass is 9.80. The molecule has 0 spiro atoms. The number of nitrogens with zero attached hydrogens (tertiary/aromatic N) is 1. The zero-order valence-electron chi connectivity index (χ0n) is 16.5. The van der Waals surface area contributed by atoms with Gasteiger partial charge in [0.1, 0.15) is 6.10 Å². The van der Waals surface area contributed by atoms with Gasteiger partial charge in [0.15, 0.2) is 11.5 Å². The van der Waals surface area contributed by atoms with E-state index in [1.165, 1.54) is 18.1 Å². The second-order valence-electron chi connectivity index (χ2n) is 7.50. The van der Waals surface area contributed by atoms with Gasteiger partial charge in [0, 0.05) is 38.4 Å². The summed E-state index contributed by atoms with van der Waals surface area (Å²) in [6, 6.07) is 4.34. The molecule has 0 N–H and O–H groups in total. The Balaban J connectivity index is 1.84. The van der Waals surface area contributed by atoms with Crippen molar-refractivity contribution in [2.24, 2.45) is 5.92 Å². The van der Waals surface area contributed by atoms with E-state index in [1.54, 1.807) is 14.2 Å². The average molecular weight is 378 g/mol. The number of hydrogen-bond acceptors (Lipinski definition) is 5. The molecule has 3 atom stereocenters. The molecule has 150 valence electrons. The van der Waals surface area contributed by atoms with Gasteiger partial charge in [0.2, 0.25) is 0 Å². The number of ether oxygens (including phenoxy) is 3. The van der Waals surface area contributed by atoms with Crippen molar-refractivity contribution in [1.82, 2.24) is 4.90 Å². The molecule has 2 heterocycles. The Morgan fingerprint density at radius 3 is 2.63 bits per heavy atom. The summed E-state index contributed by atoms with van der Waals surface area (Å²) in [4.78, 5) is 14.1. The summed E-state index contributed by atoms with van der Waals surface area (Å²) in [5.74, 6) is 1.50. The van der Waals surface area contributed by atoms with Gasteiger partial charge in [0.25, 0.3) is 0 Å². The van der Waals surface area contributed by atoms with Crippen molar-refractivity contribution < 1.29 is 23.4 Å². The Morgan fingerprint density at radius 1 is 1.22 bits per heavy atom. The standard InChI is InChI=1S/C21H30FNO4/c1-14(24)27-19-12-18-17-11-21(26-3)20(25-2)10-15(17)7-9-23(18)13-16(19)6-4-5-8-22/h10-11,16,18-19H,4-9,12-13H2,1-3H3/t16-,18-,19-/m1/s1/i22-1. The second-order valence-corrected chi connectivity index (χ2v) is 7.50. The summed E-state index contributed by atoms with van der Waals surface area (Å²) < 4.78 is 29.1. The number of benzene rings is 1. The molecule has 1 fully saturated rings. The van der Waals surface area contributed by atoms with Crippen LogP contribution >= 0.6 is 0 Å². The van der Waals surface area contributed by atoms with E-state index in [1.807, 2.05) is 0 Å². The molecule has 0 saturated carbocycles. The van der Waals surface area contributed by atoms with Gasteiger partial charge in [-0.05, 0) is 42.5 Å². The molecule has 0 amide bonds. The molecule has 5 nitrogen and oxygen atoms in total. The molecule has 0 aromatic heterocycles. The molecule has 2 aliphatic heterocycles. The van der Waals surface area contributed by atoms with Crippen LogP contribution in [0.5, 0.6) is 11.5 Å². The molecule has 0 bridgehead atoms. The highest BCUT2D eigenvalue weighted by Crippen LogP contribution is 2.44. The van der Waals surface area contributed by atoms with E-state index in [2.05, 4.69) is 17.0 Å². The number of esters is 1. The van der Waals surface area contributed by atoms with E-state index in [4.69, 9.17) is 14.2 Å². The van der Waals surface area contributed by atoms with Crippen LogP contribution in [-0.4, -0.2) is 51.0 Å². The predicted octanol–water partition coefficient (Wildman–Crippen LogP) is 3.69. The van der Waals surface area contributed by atoms with E-state index < -0.39 is 0 Å². The minimum absolute atomic E-state index is 0.123. The lowest BCUT2D eigenvalue weighted by Crippen LogP contribution is -2.49. The Kier molecular flexibility index (Phi) is 6.58. The van der Waals surface area contributed by atoms with Crippen LogP contribution < -0.4 is 9.47 Å². The minimum atomic E-state index is -0.285. The van der Waals surface area contributed by atoms with Crippen molar-refractivity contribution in [2.75, 3.05) is 34.0 Å². The maximum atomic E-state index is 12.5. The number of carbonyl (C=O) groups is 1. The van der Waals surface area contributed by atoms with Gasteiger partial charge < -0.3 is 14.2 Å². The zero-order chi connectivity index (χ0) is 19.4. The number of piperidine rings is 1. The maximum absolute atomic E-state index is 12.5. The third-order valence-electron chi connectivity index (χ3n) is 5.84. The first-order valence-corrected chi connectivity index (χ1v) is 9.79. The minimum Gasteiger partial charge on any atom is -0.493 e. The normalized spacial score (nSPS) is 24.7. The van der Waals surface area contributed by atoms with Gasteiger partial charge in [-0.1, -0.05) is 6.42 Å². The van der Waals surface area contributed by atoms with E-state index in [0.717, 1.165) is 50.3 Å². The quantitative estimate of drug-likeness (QED) is 0.535. The van der Waals surface area contributed by atoms with Crippen molar-refractivity contribution in [3.05, 3.63) is 23.3 Å². The predicted molar refractivity (Wildman–Crippen MR) is 101 cm³/mol. The van der Waals surface area contributed by atoms with Crippen LogP contribution in [0.2, 0.25) is 0 Å². The molecule has 27 heavy (non-hydrogen) atoms. The van der Waals surface area contributed by atoms with Gasteiger partial charge in [-0.3, -0.25) is 14.1 Å². The van der Waals surface area contributed by atoms with Crippen molar-refractivity contribution in [3.8, 4) is 11.5 Å². The smallest absolute Gasteiger partial charge is 0.302 e. The third-order valence-corrected chi connectivity index (χ3v) is 5.84. The fourth-order valence-electron chi connectivity index (χ4n) is 4.54. The lowest BCUT2D eigenvalue weighted by Gasteiger charge is -2.46. The van der Waals surface area contributed by atoms with Gasteiger partial charge in [-0.2, -0.15) is 0 Å². The van der Waals surface area contributed by atoms with E-state index in [0.29, 0.717) is 6.42 Å². The molecule has 0 aliphatic carbocycles. The second kappa shape index (κ2) is 8.91. The number of unbranched alkanes of at least 4 members (excludes halogenated alkanes) is 1. The summed E-state index contributed by atoms with van der Waals surface area (Å²) in [5, 5.41) is 0. The molecule has 6 heteroatoms. The molecule has 0 unspecified atom stereocenters. The van der Waals surface area contributed by atoms with Crippen molar-refractivity contribution in [3.63, 3.8) is 0 Å². The number of hydrogen-bond donors (Lipinski definition) is 0. The van der Waals surface area contributed by atoms with Crippen LogP contribution in [0.1, 0.15) is 49.8 Å². The first-order valence-electron chi connectivity index (χ1n) is 9.79. The van der Waals surface area contributed by atoms with Gasteiger partial charge >= 0.3 is 5.97 Å². The molecule has 1 aromatic rings. The SMILES string of the molecule is COc1cc2c(cc1OC)[C@H]1C[C@@H](OC(C)=O)[C@H](CCCC[18F])CN1CC2. The molecular weight excluding hydrogens is 348 g/mol. The number of halogens is 1. The Morgan fingerprint density at radius 2 is 1.96 bits per heavy atom. The van der Waals surface area contributed by atoms with Gasteiger partial charge in [-0.25, -0.2) is 0 Å². The van der Waals surface area contributed by atoms with Crippen molar-refractivity contribution >= 4 is 5.97 Å². The molecule has 2 aliphatic rings. The van der Waals surface area contributed by atoms with E-state index in [-0.39, 0.29) is 30.7 Å². The molecule has 1 saturated heterocycles. The summed E-state index contributed by atoms with van der Waals surface area (Å²) in [7, 11) is 3.30. The summed E-state index contributed by atoms with van der Waals surface area (Å²) in [6.07, 6.45) is 3.90. The molecule has 3 rings (SSSR count). The van der Waals surface area contributed by atoms with Crippen LogP contribution in [0.4, 0.5) is 4.39 Å². The largest absolute Gasteiger partial charge is 0.493 e. The zero-order valence-corrected chi connectivity index (χ0v) is 16.5. The highest BCUT2D eigenvalue weighted by atomic mass is 18.2. The monoisotopic (exact) mass is 378 g/mol. The Hall–Kier alpha value is -1.82. The topological polar surface area (TPSA) is 48.0 Å². The highest BCUT2D eigenvalue weighted by molar-refractivity contribution is 5.66. The Labute approximate surface area is 160 Å². The Bertz CT molecular complexity index is 666. The summed E-state index contributed by atoms with van der Waals surface area (Å²) in [5.41, 5.74) is 2.50. The molecular formula is C21H30FNO4. The van der Waals surface area contributed by atoms with Crippen molar-refractivity contribution in [1.29, 1.82) is 0 Å². The van der Waals surface area contributed by atoms with Crippen LogP contribution in [-0.2, 0) is 16.0 Å². The fraction of sp³-hybridized carbons (Fsp3) is 0.667. The lowest BCUT2D eigenvalue weighted by molar-refractivity contribution is -0.154. The summed E-state index contributed by atoms with van der Waals surface area (Å²) in [6.45, 7) is 3.03. The number of methoxy groups -OCH3 is 2. The van der Waals surface area contributed by atoms with Crippen molar-refractivity contribution in [2.45, 2.75) is 51.2 Å². The number of rotatable bonds is 7. The number of alkyl halides is 1. The van der Waals surface area contributed by atoms with E-state index in [9.17, 15) is 9.18 Å². The first kappa shape index (κ1) is 19.9. The van der Waals surface area contributed by atoms with Crippen LogP contribution in [0.15, 0.2) is 12.1 Å². The third kappa shape index (κ3) is 4.37. The molecule has 0 radical (unpaired) electrons. The number of carbonyl (C=O) groups excluding carboxylic acids is 1. The van der Waals surface area contributed by atoms with E-state index >= 15 is 0 Å². The maximum Gasteiger partial charge on any atom is 0.302 e.